The molecule has 0 bridgehead atoms. The SMILES string of the molecule is CCCCCOc1ccc(-c2ccc(OC(=O)[C@]3(C)CC(CCCC)C(=O)O3)c(C)c2)c(F)c1F. The average molecular weight is 489 g/mol. The van der Waals surface area contributed by atoms with Crippen molar-refractivity contribution in [1.29, 1.82) is 0 Å². The maximum atomic E-state index is 14.8. The van der Waals surface area contributed by atoms with Gasteiger partial charge in [-0.1, -0.05) is 45.6 Å². The molecule has 0 saturated carbocycles. The Morgan fingerprint density at radius 1 is 1.06 bits per heavy atom. The van der Waals surface area contributed by atoms with Crippen LogP contribution < -0.4 is 9.47 Å². The van der Waals surface area contributed by atoms with E-state index in [-0.39, 0.29) is 35.4 Å². The molecular weight excluding hydrogens is 454 g/mol. The van der Waals surface area contributed by atoms with Crippen LogP contribution in [0.2, 0.25) is 0 Å². The van der Waals surface area contributed by atoms with Gasteiger partial charge in [0.1, 0.15) is 5.75 Å². The quantitative estimate of drug-likeness (QED) is 0.195. The fourth-order valence-electron chi connectivity index (χ4n) is 4.24. The van der Waals surface area contributed by atoms with Gasteiger partial charge in [-0.3, -0.25) is 4.79 Å². The molecule has 0 aromatic heterocycles. The topological polar surface area (TPSA) is 61.8 Å². The Morgan fingerprint density at radius 2 is 1.77 bits per heavy atom. The molecule has 0 aliphatic carbocycles. The Labute approximate surface area is 205 Å². The van der Waals surface area contributed by atoms with Crippen LogP contribution in [0.1, 0.15) is 71.3 Å². The van der Waals surface area contributed by atoms with Gasteiger partial charge < -0.3 is 14.2 Å². The van der Waals surface area contributed by atoms with E-state index in [1.807, 2.05) is 6.92 Å². The normalized spacial score (nSPS) is 19.5. The lowest BCUT2D eigenvalue weighted by molar-refractivity contribution is -0.166. The first-order valence-corrected chi connectivity index (χ1v) is 12.4. The number of hydrogen-bond donors (Lipinski definition) is 0. The molecule has 35 heavy (non-hydrogen) atoms. The van der Waals surface area contributed by atoms with Crippen LogP contribution >= 0.6 is 0 Å². The number of rotatable bonds is 11. The Kier molecular flexibility index (Phi) is 8.87. The summed E-state index contributed by atoms with van der Waals surface area (Å²) in [6.07, 6.45) is 5.53. The molecule has 1 saturated heterocycles. The van der Waals surface area contributed by atoms with Crippen LogP contribution in [0, 0.1) is 24.5 Å². The molecule has 2 aromatic carbocycles. The van der Waals surface area contributed by atoms with E-state index in [4.69, 9.17) is 14.2 Å². The summed E-state index contributed by atoms with van der Waals surface area (Å²) >= 11 is 0. The molecule has 1 fully saturated rings. The number of unbranched alkanes of at least 4 members (excludes halogenated alkanes) is 3. The molecule has 1 heterocycles. The second-order valence-corrected chi connectivity index (χ2v) is 9.36. The van der Waals surface area contributed by atoms with Gasteiger partial charge in [-0.05, 0) is 62.1 Å². The number of benzene rings is 2. The predicted molar refractivity (Wildman–Crippen MR) is 129 cm³/mol. The number of hydrogen-bond acceptors (Lipinski definition) is 5. The molecule has 1 aliphatic rings. The van der Waals surface area contributed by atoms with Crippen molar-refractivity contribution < 1.29 is 32.6 Å². The van der Waals surface area contributed by atoms with Gasteiger partial charge in [-0.15, -0.1) is 0 Å². The van der Waals surface area contributed by atoms with Crippen LogP contribution in [0.4, 0.5) is 8.78 Å². The third kappa shape index (κ3) is 6.19. The first kappa shape index (κ1) is 26.6. The summed E-state index contributed by atoms with van der Waals surface area (Å²) in [5, 5.41) is 0. The lowest BCUT2D eigenvalue weighted by atomic mass is 9.92. The molecular formula is C28H34F2O5. The van der Waals surface area contributed by atoms with E-state index >= 15 is 0 Å². The van der Waals surface area contributed by atoms with Crippen molar-refractivity contribution in [2.45, 2.75) is 78.2 Å². The summed E-state index contributed by atoms with van der Waals surface area (Å²) in [4.78, 5) is 25.0. The highest BCUT2D eigenvalue weighted by molar-refractivity contribution is 5.89. The minimum absolute atomic E-state index is 0.0832. The Morgan fingerprint density at radius 3 is 2.46 bits per heavy atom. The molecule has 0 amide bonds. The largest absolute Gasteiger partial charge is 0.490 e. The van der Waals surface area contributed by atoms with Crippen molar-refractivity contribution in [3.8, 4) is 22.6 Å². The smallest absolute Gasteiger partial charge is 0.355 e. The molecule has 7 heteroatoms. The summed E-state index contributed by atoms with van der Waals surface area (Å²) < 4.78 is 45.7. The number of esters is 2. The van der Waals surface area contributed by atoms with Gasteiger partial charge >= 0.3 is 11.9 Å². The van der Waals surface area contributed by atoms with E-state index in [1.165, 1.54) is 18.2 Å². The summed E-state index contributed by atoms with van der Waals surface area (Å²) in [6.45, 7) is 7.69. The van der Waals surface area contributed by atoms with E-state index in [1.54, 1.807) is 26.0 Å². The third-order valence-corrected chi connectivity index (χ3v) is 6.37. The third-order valence-electron chi connectivity index (χ3n) is 6.37. The van der Waals surface area contributed by atoms with E-state index < -0.39 is 23.2 Å². The maximum absolute atomic E-state index is 14.8. The molecule has 0 radical (unpaired) electrons. The van der Waals surface area contributed by atoms with Crippen molar-refractivity contribution in [2.24, 2.45) is 5.92 Å². The van der Waals surface area contributed by atoms with Gasteiger partial charge in [0, 0.05) is 12.0 Å². The molecule has 0 spiro atoms. The predicted octanol–water partition coefficient (Wildman–Crippen LogP) is 6.93. The highest BCUT2D eigenvalue weighted by atomic mass is 19.2. The zero-order chi connectivity index (χ0) is 25.6. The van der Waals surface area contributed by atoms with E-state index in [9.17, 15) is 18.4 Å². The van der Waals surface area contributed by atoms with Crippen molar-refractivity contribution in [1.82, 2.24) is 0 Å². The van der Waals surface area contributed by atoms with Crippen molar-refractivity contribution in [3.63, 3.8) is 0 Å². The molecule has 190 valence electrons. The minimum atomic E-state index is -1.34. The van der Waals surface area contributed by atoms with Crippen LogP contribution in [0.3, 0.4) is 0 Å². The van der Waals surface area contributed by atoms with Crippen LogP contribution in [-0.4, -0.2) is 24.1 Å². The van der Waals surface area contributed by atoms with Crippen molar-refractivity contribution in [2.75, 3.05) is 6.61 Å². The van der Waals surface area contributed by atoms with Gasteiger partial charge in [0.2, 0.25) is 11.4 Å². The molecule has 3 rings (SSSR count). The fraction of sp³-hybridized carbons (Fsp3) is 0.500. The summed E-state index contributed by atoms with van der Waals surface area (Å²) in [5.41, 5.74) is -0.261. The van der Waals surface area contributed by atoms with Gasteiger partial charge in [-0.25, -0.2) is 9.18 Å². The maximum Gasteiger partial charge on any atom is 0.355 e. The lowest BCUT2D eigenvalue weighted by Gasteiger charge is -2.21. The molecule has 2 atom stereocenters. The summed E-state index contributed by atoms with van der Waals surface area (Å²) in [7, 11) is 0. The first-order chi connectivity index (χ1) is 16.7. The number of halogens is 2. The van der Waals surface area contributed by atoms with Crippen LogP contribution in [0.25, 0.3) is 11.1 Å². The van der Waals surface area contributed by atoms with Crippen molar-refractivity contribution >= 4 is 11.9 Å². The number of carbonyl (C=O) groups is 2. The molecule has 1 aliphatic heterocycles. The molecule has 5 nitrogen and oxygen atoms in total. The highest BCUT2D eigenvalue weighted by Crippen LogP contribution is 2.37. The monoisotopic (exact) mass is 488 g/mol. The Bertz CT molecular complexity index is 1070. The number of ether oxygens (including phenoxy) is 3. The van der Waals surface area contributed by atoms with Gasteiger partial charge in [0.25, 0.3) is 0 Å². The Balaban J connectivity index is 1.72. The standard InChI is InChI=1S/C28H34F2O5/c1-5-7-9-15-33-23-14-12-21(24(29)25(23)30)19-11-13-22(18(3)16-19)34-27(32)28(4)17-20(10-8-6-2)26(31)35-28/h11-14,16,20H,5-10,15,17H2,1-4H3/t20?,28-/m0/s1. The second kappa shape index (κ2) is 11.6. The number of cyclic esters (lactones) is 1. The Hall–Kier alpha value is -2.96. The van der Waals surface area contributed by atoms with Gasteiger partial charge in [0.05, 0.1) is 12.5 Å². The fourth-order valence-corrected chi connectivity index (χ4v) is 4.24. The first-order valence-electron chi connectivity index (χ1n) is 12.4. The van der Waals surface area contributed by atoms with E-state index in [0.29, 0.717) is 24.2 Å². The molecule has 1 unspecified atom stereocenters. The number of aryl methyl sites for hydroxylation is 1. The van der Waals surface area contributed by atoms with Crippen LogP contribution in [-0.2, 0) is 14.3 Å². The zero-order valence-corrected chi connectivity index (χ0v) is 20.9. The highest BCUT2D eigenvalue weighted by Gasteiger charge is 2.49. The van der Waals surface area contributed by atoms with E-state index in [0.717, 1.165) is 32.1 Å². The molecule has 0 N–H and O–H groups in total. The summed E-state index contributed by atoms with van der Waals surface area (Å²) in [6, 6.07) is 7.61. The average Bonchev–Trinajstić information content (AvgIpc) is 3.13. The van der Waals surface area contributed by atoms with Gasteiger partial charge in [-0.2, -0.15) is 4.39 Å². The second-order valence-electron chi connectivity index (χ2n) is 9.36. The minimum Gasteiger partial charge on any atom is -0.490 e. The van der Waals surface area contributed by atoms with Crippen LogP contribution in [0.15, 0.2) is 30.3 Å². The lowest BCUT2D eigenvalue weighted by Crippen LogP contribution is -2.38. The summed E-state index contributed by atoms with van der Waals surface area (Å²) in [5.74, 6) is -3.20. The van der Waals surface area contributed by atoms with Gasteiger partial charge in [0.15, 0.2) is 11.6 Å². The number of carbonyl (C=O) groups excluding carboxylic acids is 2. The van der Waals surface area contributed by atoms with Crippen molar-refractivity contribution in [3.05, 3.63) is 47.5 Å². The van der Waals surface area contributed by atoms with Crippen LogP contribution in [0.5, 0.6) is 11.5 Å². The molecule has 2 aromatic rings. The van der Waals surface area contributed by atoms with E-state index in [2.05, 4.69) is 6.92 Å². The zero-order valence-electron chi connectivity index (χ0n) is 20.9.